The Balaban J connectivity index is 2.22. The lowest BCUT2D eigenvalue weighted by molar-refractivity contribution is -0.624. The summed E-state index contributed by atoms with van der Waals surface area (Å²) < 4.78 is 29.2. The lowest BCUT2D eigenvalue weighted by Gasteiger charge is -2.16. The summed E-state index contributed by atoms with van der Waals surface area (Å²) in [5.41, 5.74) is -1.50. The number of rotatable bonds is 6. The number of aromatic nitrogens is 3. The highest BCUT2D eigenvalue weighted by Crippen LogP contribution is 2.24. The summed E-state index contributed by atoms with van der Waals surface area (Å²) in [6.45, 7) is -1.44. The monoisotopic (exact) mass is 346 g/mol. The minimum absolute atomic E-state index is 0.0261. The fourth-order valence-electron chi connectivity index (χ4n) is 1.89. The minimum Gasteiger partial charge on any atom is -0.618 e. The molecule has 2 aromatic heterocycles. The van der Waals surface area contributed by atoms with Gasteiger partial charge < -0.3 is 15.6 Å². The summed E-state index contributed by atoms with van der Waals surface area (Å²) in [6.07, 6.45) is 2.06. The van der Waals surface area contributed by atoms with Crippen LogP contribution in [0.2, 0.25) is 5.15 Å². The van der Waals surface area contributed by atoms with E-state index in [0.717, 1.165) is 23.0 Å². The Kier molecular flexibility index (Phi) is 5.12. The Morgan fingerprint density at radius 1 is 1.48 bits per heavy atom. The highest BCUT2D eigenvalue weighted by atomic mass is 35.5. The molecule has 0 saturated carbocycles. The van der Waals surface area contributed by atoms with Crippen LogP contribution in [-0.2, 0) is 12.5 Å². The summed E-state index contributed by atoms with van der Waals surface area (Å²) in [7, 11) is 0. The number of aliphatic hydroxyl groups is 1. The molecule has 0 fully saturated rings. The van der Waals surface area contributed by atoms with Gasteiger partial charge in [-0.1, -0.05) is 11.6 Å². The third kappa shape index (κ3) is 3.74. The molecule has 10 heteroatoms. The number of hydrogen-bond donors (Lipinski definition) is 2. The van der Waals surface area contributed by atoms with Crippen molar-refractivity contribution in [3.8, 4) is 0 Å². The Morgan fingerprint density at radius 2 is 2.22 bits per heavy atom. The second kappa shape index (κ2) is 6.88. The summed E-state index contributed by atoms with van der Waals surface area (Å²) in [5.74, 6) is -3.87. The zero-order chi connectivity index (χ0) is 17.0. The average Bonchev–Trinajstić information content (AvgIpc) is 2.51. The van der Waals surface area contributed by atoms with Gasteiger partial charge in [-0.15, -0.1) is 0 Å². The molecule has 2 heterocycles. The fourth-order valence-corrected chi connectivity index (χ4v) is 2.10. The molecule has 0 amide bonds. The Hall–Kier alpha value is -2.26. The van der Waals surface area contributed by atoms with Crippen LogP contribution in [0.15, 0.2) is 35.4 Å². The first-order valence-electron chi connectivity index (χ1n) is 6.53. The van der Waals surface area contributed by atoms with Crippen LogP contribution in [0, 0.1) is 5.21 Å². The van der Waals surface area contributed by atoms with Crippen molar-refractivity contribution in [2.45, 2.75) is 12.5 Å². The van der Waals surface area contributed by atoms with Crippen LogP contribution in [-0.4, -0.2) is 27.8 Å². The molecule has 0 atom stereocenters. The summed E-state index contributed by atoms with van der Waals surface area (Å²) >= 11 is 5.76. The van der Waals surface area contributed by atoms with Crippen LogP contribution in [0.25, 0.3) is 0 Å². The number of pyridine rings is 1. The highest BCUT2D eigenvalue weighted by molar-refractivity contribution is 6.29. The van der Waals surface area contributed by atoms with Gasteiger partial charge in [-0.3, -0.25) is 9.36 Å². The van der Waals surface area contributed by atoms with E-state index in [1.54, 1.807) is 0 Å². The SMILES string of the molecule is O=c1c(NCC(F)(F)c2cccc[n+]2[O-])ncc(Cl)n1CCO. The zero-order valence-electron chi connectivity index (χ0n) is 11.7. The number of nitrogens with one attached hydrogen (secondary N) is 1. The fraction of sp³-hybridized carbons (Fsp3) is 0.308. The van der Waals surface area contributed by atoms with Gasteiger partial charge in [0.25, 0.3) is 11.3 Å². The van der Waals surface area contributed by atoms with Crippen molar-refractivity contribution in [2.24, 2.45) is 0 Å². The Morgan fingerprint density at radius 3 is 2.87 bits per heavy atom. The lowest BCUT2D eigenvalue weighted by atomic mass is 10.2. The third-order valence-corrected chi connectivity index (χ3v) is 3.31. The van der Waals surface area contributed by atoms with Crippen molar-refractivity contribution in [3.63, 3.8) is 0 Å². The maximum Gasteiger partial charge on any atom is 0.347 e. The van der Waals surface area contributed by atoms with E-state index >= 15 is 0 Å². The van der Waals surface area contributed by atoms with Crippen molar-refractivity contribution < 1.29 is 18.6 Å². The van der Waals surface area contributed by atoms with Gasteiger partial charge in [0.2, 0.25) is 0 Å². The van der Waals surface area contributed by atoms with Crippen molar-refractivity contribution >= 4 is 17.4 Å². The first-order valence-corrected chi connectivity index (χ1v) is 6.91. The van der Waals surface area contributed by atoms with Gasteiger partial charge in [-0.2, -0.15) is 13.5 Å². The molecule has 0 spiro atoms. The van der Waals surface area contributed by atoms with Gasteiger partial charge in [0.1, 0.15) is 5.15 Å². The molecule has 2 N–H and O–H groups in total. The van der Waals surface area contributed by atoms with Crippen LogP contribution >= 0.6 is 11.6 Å². The minimum atomic E-state index is -3.52. The molecule has 0 radical (unpaired) electrons. The molecule has 0 saturated heterocycles. The quantitative estimate of drug-likeness (QED) is 0.594. The Labute approximate surface area is 134 Å². The van der Waals surface area contributed by atoms with Gasteiger partial charge in [0.15, 0.2) is 12.0 Å². The molecule has 2 aromatic rings. The summed E-state index contributed by atoms with van der Waals surface area (Å²) in [5, 5.41) is 22.5. The van der Waals surface area contributed by atoms with Gasteiger partial charge >= 0.3 is 5.92 Å². The van der Waals surface area contributed by atoms with Crippen molar-refractivity contribution in [3.05, 3.63) is 57.0 Å². The number of alkyl halides is 2. The predicted molar refractivity (Wildman–Crippen MR) is 78.4 cm³/mol. The van der Waals surface area contributed by atoms with E-state index in [4.69, 9.17) is 16.7 Å². The second-order valence-electron chi connectivity index (χ2n) is 4.58. The van der Waals surface area contributed by atoms with Gasteiger partial charge in [0, 0.05) is 12.1 Å². The van der Waals surface area contributed by atoms with E-state index in [1.165, 1.54) is 12.1 Å². The van der Waals surface area contributed by atoms with Crippen LogP contribution in [0.1, 0.15) is 5.69 Å². The number of aliphatic hydroxyl groups excluding tert-OH is 1. The second-order valence-corrected chi connectivity index (χ2v) is 4.97. The van der Waals surface area contributed by atoms with Crippen LogP contribution in [0.4, 0.5) is 14.6 Å². The molecule has 23 heavy (non-hydrogen) atoms. The van der Waals surface area contributed by atoms with Gasteiger partial charge in [-0.25, -0.2) is 4.98 Å². The molecular weight excluding hydrogens is 334 g/mol. The normalized spacial score (nSPS) is 11.5. The van der Waals surface area contributed by atoms with Gasteiger partial charge in [0.05, 0.1) is 25.9 Å². The largest absolute Gasteiger partial charge is 0.618 e. The van der Waals surface area contributed by atoms with E-state index in [9.17, 15) is 18.8 Å². The van der Waals surface area contributed by atoms with Crippen molar-refractivity contribution in [1.82, 2.24) is 9.55 Å². The molecule has 0 bridgehead atoms. The van der Waals surface area contributed by atoms with Crippen molar-refractivity contribution in [1.29, 1.82) is 0 Å². The van der Waals surface area contributed by atoms with Crippen molar-refractivity contribution in [2.75, 3.05) is 18.5 Å². The molecule has 0 aliphatic heterocycles. The maximum absolute atomic E-state index is 14.1. The van der Waals surface area contributed by atoms with E-state index in [1.807, 2.05) is 0 Å². The van der Waals surface area contributed by atoms with E-state index < -0.39 is 23.7 Å². The molecule has 2 rings (SSSR count). The van der Waals surface area contributed by atoms with E-state index in [2.05, 4.69) is 10.3 Å². The molecule has 0 aliphatic rings. The highest BCUT2D eigenvalue weighted by Gasteiger charge is 2.39. The standard InChI is InChI=1S/C13H13ClF2N4O3/c14-10-7-17-11(12(22)19(10)5-6-21)18-8-13(15,16)9-3-1-2-4-20(9)23/h1-4,7,21H,5-6,8H2,(H,17,18). The molecule has 7 nitrogen and oxygen atoms in total. The number of hydrogen-bond acceptors (Lipinski definition) is 5. The summed E-state index contributed by atoms with van der Waals surface area (Å²) in [4.78, 5) is 15.7. The first kappa shape index (κ1) is 17.1. The number of halogens is 3. The van der Waals surface area contributed by atoms with Crippen LogP contribution < -0.4 is 15.6 Å². The molecule has 0 aliphatic carbocycles. The first-order chi connectivity index (χ1) is 10.9. The summed E-state index contributed by atoms with van der Waals surface area (Å²) in [6, 6.07) is 3.63. The van der Waals surface area contributed by atoms with Gasteiger partial charge in [-0.05, 0) is 6.07 Å². The Bertz CT molecular complexity index is 754. The number of nitrogens with zero attached hydrogens (tertiary/aromatic N) is 3. The maximum atomic E-state index is 14.1. The predicted octanol–water partition coefficient (Wildman–Crippen LogP) is 0.726. The molecule has 0 aromatic carbocycles. The van der Waals surface area contributed by atoms with Crippen LogP contribution in [0.5, 0.6) is 0 Å². The lowest BCUT2D eigenvalue weighted by Crippen LogP contribution is -2.41. The average molecular weight is 347 g/mol. The molecule has 0 unspecified atom stereocenters. The third-order valence-electron chi connectivity index (χ3n) is 3.01. The molecular formula is C13H13ClF2N4O3. The zero-order valence-corrected chi connectivity index (χ0v) is 12.5. The topological polar surface area (TPSA) is 94.1 Å². The van der Waals surface area contributed by atoms with E-state index in [0.29, 0.717) is 0 Å². The van der Waals surface area contributed by atoms with E-state index in [-0.39, 0.29) is 28.9 Å². The van der Waals surface area contributed by atoms with Crippen LogP contribution in [0.3, 0.4) is 0 Å². The smallest absolute Gasteiger partial charge is 0.347 e. The number of anilines is 1. The molecule has 124 valence electrons.